The molecule has 0 aliphatic heterocycles. The Hall–Kier alpha value is -1.63. The number of ether oxygens (including phenoxy) is 3. The minimum Gasteiger partial charge on any atom is -0.466 e. The molecule has 7 nitrogen and oxygen atoms in total. The lowest BCUT2D eigenvalue weighted by Gasteiger charge is -2.27. The molecule has 0 amide bonds. The number of carbonyl (C=O) groups excluding carboxylic acids is 3. The van der Waals surface area contributed by atoms with Crippen LogP contribution in [-0.4, -0.2) is 47.9 Å². The van der Waals surface area contributed by atoms with Crippen LogP contribution in [0.3, 0.4) is 0 Å². The van der Waals surface area contributed by atoms with Crippen molar-refractivity contribution in [3.05, 3.63) is 0 Å². The zero-order valence-corrected chi connectivity index (χ0v) is 21.5. The van der Waals surface area contributed by atoms with E-state index >= 15 is 0 Å². The van der Waals surface area contributed by atoms with E-state index in [0.29, 0.717) is 25.7 Å². The summed E-state index contributed by atoms with van der Waals surface area (Å²) >= 11 is 0. The molecule has 0 heterocycles. The number of aliphatic hydroxyl groups is 1. The summed E-state index contributed by atoms with van der Waals surface area (Å²) in [7, 11) is 0. The fraction of sp³-hybridized carbons (Fsp3) is 0.885. The number of unbranched alkanes of at least 4 members (excludes halogenated alkanes) is 7. The Kier molecular flexibility index (Phi) is 18.8. The summed E-state index contributed by atoms with van der Waals surface area (Å²) in [5, 5.41) is 11.1. The predicted octanol–water partition coefficient (Wildman–Crippen LogP) is 5.65. The Morgan fingerprint density at radius 2 is 1.15 bits per heavy atom. The van der Waals surface area contributed by atoms with Crippen molar-refractivity contribution in [1.82, 2.24) is 0 Å². The number of esters is 3. The van der Waals surface area contributed by atoms with E-state index in [4.69, 9.17) is 14.2 Å². The van der Waals surface area contributed by atoms with Crippen LogP contribution < -0.4 is 0 Å². The lowest BCUT2D eigenvalue weighted by Crippen LogP contribution is -2.46. The van der Waals surface area contributed by atoms with Gasteiger partial charge in [-0.1, -0.05) is 79.1 Å². The van der Waals surface area contributed by atoms with Crippen LogP contribution in [0.15, 0.2) is 0 Å². The fourth-order valence-corrected chi connectivity index (χ4v) is 3.51. The molecule has 0 saturated carbocycles. The highest BCUT2D eigenvalue weighted by Gasteiger charge is 2.44. The zero-order valence-electron chi connectivity index (χ0n) is 21.5. The second-order valence-electron chi connectivity index (χ2n) is 8.91. The highest BCUT2D eigenvalue weighted by atomic mass is 16.6. The molecule has 0 rings (SSSR count). The van der Waals surface area contributed by atoms with Crippen molar-refractivity contribution in [3.8, 4) is 0 Å². The van der Waals surface area contributed by atoms with Crippen LogP contribution >= 0.6 is 0 Å². The van der Waals surface area contributed by atoms with E-state index < -0.39 is 36.4 Å². The highest BCUT2D eigenvalue weighted by Crippen LogP contribution is 2.23. The maximum atomic E-state index is 13.0. The Balaban J connectivity index is 5.14. The van der Waals surface area contributed by atoms with E-state index in [1.54, 1.807) is 0 Å². The average molecular weight is 473 g/mol. The van der Waals surface area contributed by atoms with Crippen molar-refractivity contribution in [2.45, 2.75) is 136 Å². The molecule has 0 aromatic rings. The summed E-state index contributed by atoms with van der Waals surface area (Å²) in [5.74, 6) is -2.40. The van der Waals surface area contributed by atoms with E-state index in [1.165, 1.54) is 0 Å². The quantitative estimate of drug-likeness (QED) is 0.131. The largest absolute Gasteiger partial charge is 0.466 e. The van der Waals surface area contributed by atoms with Crippen LogP contribution in [0, 0.1) is 0 Å². The van der Waals surface area contributed by atoms with Crippen molar-refractivity contribution in [3.63, 3.8) is 0 Å². The number of carbonyl (C=O) groups is 3. The van der Waals surface area contributed by atoms with Crippen molar-refractivity contribution < 1.29 is 33.7 Å². The first-order valence-corrected chi connectivity index (χ1v) is 13.1. The monoisotopic (exact) mass is 472 g/mol. The lowest BCUT2D eigenvalue weighted by atomic mass is 9.95. The standard InChI is InChI=1S/C26H48O7/c1-5-9-12-13-17-22(16-8-4)33-25(29)26(30,20-23(27)31-18-14-10-6-2)21-24(28)32-19-15-11-7-3/h22,30H,5-21H2,1-4H3. The molecular formula is C26H48O7. The first-order valence-electron chi connectivity index (χ1n) is 13.1. The van der Waals surface area contributed by atoms with Crippen LogP contribution in [0.2, 0.25) is 0 Å². The van der Waals surface area contributed by atoms with Crippen molar-refractivity contribution in [2.24, 2.45) is 0 Å². The Labute approximate surface area is 200 Å². The summed E-state index contributed by atoms with van der Waals surface area (Å²) in [6.07, 6.45) is 9.98. The number of rotatable bonds is 21. The molecule has 0 aromatic heterocycles. The molecule has 1 N–H and O–H groups in total. The molecule has 0 saturated heterocycles. The lowest BCUT2D eigenvalue weighted by molar-refractivity contribution is -0.182. The van der Waals surface area contributed by atoms with E-state index in [-0.39, 0.29) is 19.3 Å². The van der Waals surface area contributed by atoms with Crippen LogP contribution in [0.1, 0.15) is 124 Å². The summed E-state index contributed by atoms with van der Waals surface area (Å²) < 4.78 is 16.0. The van der Waals surface area contributed by atoms with Gasteiger partial charge in [-0.15, -0.1) is 0 Å². The van der Waals surface area contributed by atoms with Crippen LogP contribution in [0.5, 0.6) is 0 Å². The summed E-state index contributed by atoms with van der Waals surface area (Å²) in [5.41, 5.74) is -2.29. The molecule has 0 aliphatic rings. The van der Waals surface area contributed by atoms with Crippen molar-refractivity contribution in [1.29, 1.82) is 0 Å². The molecule has 0 spiro atoms. The molecule has 7 heteroatoms. The zero-order chi connectivity index (χ0) is 25.0. The summed E-state index contributed by atoms with van der Waals surface area (Å²) in [6.45, 7) is 8.65. The third-order valence-corrected chi connectivity index (χ3v) is 5.54. The van der Waals surface area contributed by atoms with Gasteiger partial charge in [0, 0.05) is 0 Å². The van der Waals surface area contributed by atoms with Gasteiger partial charge in [0.25, 0.3) is 0 Å². The van der Waals surface area contributed by atoms with E-state index in [1.807, 2.05) is 20.8 Å². The predicted molar refractivity (Wildman–Crippen MR) is 129 cm³/mol. The fourth-order valence-electron chi connectivity index (χ4n) is 3.51. The maximum absolute atomic E-state index is 13.0. The first kappa shape index (κ1) is 31.4. The Bertz CT molecular complexity index is 507. The van der Waals surface area contributed by atoms with E-state index in [2.05, 4.69) is 6.92 Å². The maximum Gasteiger partial charge on any atom is 0.339 e. The normalized spacial score (nSPS) is 12.3. The first-order chi connectivity index (χ1) is 15.8. The van der Waals surface area contributed by atoms with Gasteiger partial charge in [-0.2, -0.15) is 0 Å². The molecule has 194 valence electrons. The molecule has 1 unspecified atom stereocenters. The van der Waals surface area contributed by atoms with Gasteiger partial charge in [0.1, 0.15) is 6.10 Å². The van der Waals surface area contributed by atoms with Crippen molar-refractivity contribution in [2.75, 3.05) is 13.2 Å². The van der Waals surface area contributed by atoms with Gasteiger partial charge in [0.15, 0.2) is 5.60 Å². The van der Waals surface area contributed by atoms with E-state index in [0.717, 1.165) is 57.8 Å². The molecule has 0 aliphatic carbocycles. The molecular weight excluding hydrogens is 424 g/mol. The minimum absolute atomic E-state index is 0.217. The van der Waals surface area contributed by atoms with Crippen LogP contribution in [0.4, 0.5) is 0 Å². The number of hydrogen-bond donors (Lipinski definition) is 1. The van der Waals surface area contributed by atoms with Gasteiger partial charge >= 0.3 is 17.9 Å². The molecule has 0 aromatic carbocycles. The second-order valence-corrected chi connectivity index (χ2v) is 8.91. The van der Waals surface area contributed by atoms with Crippen LogP contribution in [-0.2, 0) is 28.6 Å². The topological polar surface area (TPSA) is 99.1 Å². The molecule has 0 radical (unpaired) electrons. The Morgan fingerprint density at radius 1 is 0.667 bits per heavy atom. The van der Waals surface area contributed by atoms with Gasteiger partial charge in [0.05, 0.1) is 26.1 Å². The van der Waals surface area contributed by atoms with Gasteiger partial charge < -0.3 is 19.3 Å². The third kappa shape index (κ3) is 15.8. The van der Waals surface area contributed by atoms with Crippen molar-refractivity contribution >= 4 is 17.9 Å². The Morgan fingerprint density at radius 3 is 1.61 bits per heavy atom. The van der Waals surface area contributed by atoms with Gasteiger partial charge in [0.2, 0.25) is 0 Å². The molecule has 0 bridgehead atoms. The minimum atomic E-state index is -2.29. The third-order valence-electron chi connectivity index (χ3n) is 5.54. The van der Waals surface area contributed by atoms with Crippen LogP contribution in [0.25, 0.3) is 0 Å². The summed E-state index contributed by atoms with van der Waals surface area (Å²) in [6, 6.07) is 0. The summed E-state index contributed by atoms with van der Waals surface area (Å²) in [4.78, 5) is 37.6. The van der Waals surface area contributed by atoms with Gasteiger partial charge in [-0.3, -0.25) is 9.59 Å². The second kappa shape index (κ2) is 19.8. The highest BCUT2D eigenvalue weighted by molar-refractivity contribution is 5.90. The average Bonchev–Trinajstić information content (AvgIpc) is 2.77. The number of hydrogen-bond acceptors (Lipinski definition) is 7. The van der Waals surface area contributed by atoms with E-state index in [9.17, 15) is 19.5 Å². The molecule has 33 heavy (non-hydrogen) atoms. The smallest absolute Gasteiger partial charge is 0.339 e. The van der Waals surface area contributed by atoms with Gasteiger partial charge in [-0.25, -0.2) is 4.79 Å². The SMILES string of the molecule is CCCCCCC(CCC)OC(=O)C(O)(CC(=O)OCCCCC)CC(=O)OCCCCC. The molecule has 1 atom stereocenters. The molecule has 0 fully saturated rings. The van der Waals surface area contributed by atoms with Gasteiger partial charge in [-0.05, 0) is 32.1 Å².